The van der Waals surface area contributed by atoms with Crippen molar-refractivity contribution in [3.8, 4) is 6.07 Å². The van der Waals surface area contributed by atoms with Crippen LogP contribution in [0.15, 0.2) is 33.9 Å². The number of hydrogen-bond acceptors (Lipinski definition) is 5. The van der Waals surface area contributed by atoms with E-state index in [4.69, 9.17) is 11.0 Å². The van der Waals surface area contributed by atoms with Crippen molar-refractivity contribution < 1.29 is 4.79 Å². The van der Waals surface area contributed by atoms with E-state index in [1.54, 1.807) is 18.2 Å². The highest BCUT2D eigenvalue weighted by atomic mass is 16.2. The molecule has 8 heteroatoms. The third kappa shape index (κ3) is 5.13. The van der Waals surface area contributed by atoms with Crippen LogP contribution in [0.25, 0.3) is 0 Å². The summed E-state index contributed by atoms with van der Waals surface area (Å²) in [6, 6.07) is 8.28. The fourth-order valence-corrected chi connectivity index (χ4v) is 2.96. The normalized spacial score (nSPS) is 10.7. The number of nitriles is 1. The van der Waals surface area contributed by atoms with Gasteiger partial charge in [0.05, 0.1) is 11.6 Å². The summed E-state index contributed by atoms with van der Waals surface area (Å²) in [6.07, 6.45) is 2.19. The molecule has 1 aromatic carbocycles. The van der Waals surface area contributed by atoms with Gasteiger partial charge in [-0.15, -0.1) is 0 Å². The van der Waals surface area contributed by atoms with Gasteiger partial charge in [0, 0.05) is 18.7 Å². The van der Waals surface area contributed by atoms with Crippen LogP contribution in [-0.4, -0.2) is 22.0 Å². The second-order valence-corrected chi connectivity index (χ2v) is 7.33. The second-order valence-electron chi connectivity index (χ2n) is 7.33. The van der Waals surface area contributed by atoms with Crippen molar-refractivity contribution in [3.63, 3.8) is 0 Å². The van der Waals surface area contributed by atoms with Crippen LogP contribution in [0.3, 0.4) is 0 Å². The molecule has 0 radical (unpaired) electrons. The molecule has 0 bridgehead atoms. The Morgan fingerprint density at radius 3 is 2.69 bits per heavy atom. The number of hydrogen-bond donors (Lipinski definition) is 2. The molecule has 154 valence electrons. The third-order valence-electron chi connectivity index (χ3n) is 4.63. The Bertz CT molecular complexity index is 1030. The molecule has 0 spiro atoms. The summed E-state index contributed by atoms with van der Waals surface area (Å²) in [5.41, 5.74) is 5.50. The minimum atomic E-state index is -0.700. The van der Waals surface area contributed by atoms with Gasteiger partial charge in [0.1, 0.15) is 5.82 Å². The topological polar surface area (TPSA) is 125 Å². The van der Waals surface area contributed by atoms with Crippen LogP contribution < -0.4 is 21.9 Å². The molecular formula is C21H27N5O3. The largest absolute Gasteiger partial charge is 0.383 e. The lowest BCUT2D eigenvalue weighted by Gasteiger charge is -2.25. The van der Waals surface area contributed by atoms with E-state index in [9.17, 15) is 14.4 Å². The lowest BCUT2D eigenvalue weighted by molar-refractivity contribution is 0.0985. The van der Waals surface area contributed by atoms with Gasteiger partial charge >= 0.3 is 5.69 Å². The SMILES string of the molecule is CCCCn1c(N)c(N(CCC(C)C)C(=O)c2cccc(C#N)c2)c(=O)[nH]c1=O. The molecule has 2 rings (SSSR count). The predicted octanol–water partition coefficient (Wildman–Crippen LogP) is 2.48. The van der Waals surface area contributed by atoms with E-state index in [0.717, 1.165) is 6.42 Å². The molecule has 0 saturated heterocycles. The third-order valence-corrected chi connectivity index (χ3v) is 4.63. The maximum Gasteiger partial charge on any atom is 0.330 e. The quantitative estimate of drug-likeness (QED) is 0.708. The lowest BCUT2D eigenvalue weighted by atomic mass is 10.1. The molecule has 0 aliphatic rings. The van der Waals surface area contributed by atoms with Crippen LogP contribution in [0, 0.1) is 17.2 Å². The van der Waals surface area contributed by atoms with Gasteiger partial charge in [-0.3, -0.25) is 19.1 Å². The van der Waals surface area contributed by atoms with Crippen LogP contribution in [-0.2, 0) is 6.54 Å². The zero-order valence-electron chi connectivity index (χ0n) is 17.1. The molecule has 1 aromatic heterocycles. The van der Waals surface area contributed by atoms with Gasteiger partial charge in [-0.2, -0.15) is 5.26 Å². The van der Waals surface area contributed by atoms with Gasteiger partial charge in [-0.25, -0.2) is 4.79 Å². The van der Waals surface area contributed by atoms with Crippen LogP contribution in [0.2, 0.25) is 0 Å². The Hall–Kier alpha value is -3.34. The smallest absolute Gasteiger partial charge is 0.330 e. The number of benzene rings is 1. The van der Waals surface area contributed by atoms with Crippen LogP contribution >= 0.6 is 0 Å². The minimum absolute atomic E-state index is 0.0271. The fourth-order valence-electron chi connectivity index (χ4n) is 2.96. The highest BCUT2D eigenvalue weighted by Gasteiger charge is 2.25. The summed E-state index contributed by atoms with van der Waals surface area (Å²) in [6.45, 7) is 6.60. The molecule has 3 N–H and O–H groups in total. The Morgan fingerprint density at radius 1 is 1.34 bits per heavy atom. The van der Waals surface area contributed by atoms with E-state index in [-0.39, 0.29) is 29.5 Å². The molecule has 29 heavy (non-hydrogen) atoms. The van der Waals surface area contributed by atoms with E-state index in [1.165, 1.54) is 15.5 Å². The van der Waals surface area contributed by atoms with Crippen molar-refractivity contribution in [3.05, 3.63) is 56.2 Å². The van der Waals surface area contributed by atoms with Crippen LogP contribution in [0.4, 0.5) is 11.5 Å². The maximum atomic E-state index is 13.3. The lowest BCUT2D eigenvalue weighted by Crippen LogP contribution is -2.42. The summed E-state index contributed by atoms with van der Waals surface area (Å²) in [4.78, 5) is 41.7. The summed E-state index contributed by atoms with van der Waals surface area (Å²) in [5, 5.41) is 9.13. The molecule has 0 atom stereocenters. The highest BCUT2D eigenvalue weighted by molar-refractivity contribution is 6.07. The summed E-state index contributed by atoms with van der Waals surface area (Å²) in [7, 11) is 0. The first-order valence-electron chi connectivity index (χ1n) is 9.74. The van der Waals surface area contributed by atoms with E-state index >= 15 is 0 Å². The van der Waals surface area contributed by atoms with E-state index in [2.05, 4.69) is 4.98 Å². The number of nitrogens with two attached hydrogens (primary N) is 1. The number of unbranched alkanes of at least 4 members (excludes halogenated alkanes) is 1. The van der Waals surface area contributed by atoms with Gasteiger partial charge in [-0.1, -0.05) is 33.3 Å². The van der Waals surface area contributed by atoms with Crippen LogP contribution in [0.1, 0.15) is 56.0 Å². The number of rotatable bonds is 8. The summed E-state index contributed by atoms with van der Waals surface area (Å²) >= 11 is 0. The monoisotopic (exact) mass is 397 g/mol. The van der Waals surface area contributed by atoms with Crippen LogP contribution in [0.5, 0.6) is 0 Å². The number of amides is 1. The molecule has 0 unspecified atom stereocenters. The van der Waals surface area contributed by atoms with Gasteiger partial charge < -0.3 is 10.6 Å². The fraction of sp³-hybridized carbons (Fsp3) is 0.429. The number of aromatic nitrogens is 2. The van der Waals surface area contributed by atoms with E-state index < -0.39 is 17.2 Å². The number of anilines is 2. The number of nitrogens with zero attached hydrogens (tertiary/aromatic N) is 3. The Morgan fingerprint density at radius 2 is 2.07 bits per heavy atom. The average Bonchev–Trinajstić information content (AvgIpc) is 2.69. The maximum absolute atomic E-state index is 13.3. The van der Waals surface area contributed by atoms with Gasteiger partial charge in [0.25, 0.3) is 11.5 Å². The van der Waals surface area contributed by atoms with Gasteiger partial charge in [0.15, 0.2) is 5.69 Å². The van der Waals surface area contributed by atoms with Gasteiger partial charge in [0.2, 0.25) is 0 Å². The molecule has 0 fully saturated rings. The highest BCUT2D eigenvalue weighted by Crippen LogP contribution is 2.21. The Kier molecular flexibility index (Phi) is 7.37. The number of carbonyl (C=O) groups excluding carboxylic acids is 1. The number of nitrogens with one attached hydrogen (secondary N) is 1. The standard InChI is InChI=1S/C21H27N5O3/c1-4-5-10-26-18(23)17(19(27)24-21(26)29)25(11-9-14(2)3)20(28)16-8-6-7-15(12-16)13-22/h6-8,12,14H,4-5,9-11,23H2,1-3H3,(H,24,27,29). The number of nitrogen functional groups attached to an aromatic ring is 1. The first-order chi connectivity index (χ1) is 13.8. The summed E-state index contributed by atoms with van der Waals surface area (Å²) < 4.78 is 1.29. The number of carbonyl (C=O) groups is 1. The molecule has 0 aliphatic carbocycles. The van der Waals surface area contributed by atoms with Crippen molar-refractivity contribution >= 4 is 17.4 Å². The Labute approximate surface area is 169 Å². The van der Waals surface area contributed by atoms with Crippen molar-refractivity contribution in [2.45, 2.75) is 46.6 Å². The van der Waals surface area contributed by atoms with E-state index in [1.807, 2.05) is 26.8 Å². The molecule has 0 saturated carbocycles. The Balaban J connectivity index is 2.60. The number of H-pyrrole nitrogens is 1. The van der Waals surface area contributed by atoms with Crippen molar-refractivity contribution in [2.24, 2.45) is 5.92 Å². The number of aromatic amines is 1. The van der Waals surface area contributed by atoms with Crippen molar-refractivity contribution in [1.29, 1.82) is 5.26 Å². The van der Waals surface area contributed by atoms with E-state index in [0.29, 0.717) is 24.9 Å². The molecule has 1 amide bonds. The molecule has 0 aliphatic heterocycles. The molecule has 2 aromatic rings. The molecular weight excluding hydrogens is 370 g/mol. The first kappa shape index (κ1) is 22.0. The summed E-state index contributed by atoms with van der Waals surface area (Å²) in [5.74, 6) is -0.191. The van der Waals surface area contributed by atoms with Gasteiger partial charge in [-0.05, 0) is 37.0 Å². The van der Waals surface area contributed by atoms with Crippen molar-refractivity contribution in [2.75, 3.05) is 17.2 Å². The predicted molar refractivity (Wildman–Crippen MR) is 113 cm³/mol. The second kappa shape index (κ2) is 9.73. The average molecular weight is 397 g/mol. The van der Waals surface area contributed by atoms with Crippen molar-refractivity contribution in [1.82, 2.24) is 9.55 Å². The first-order valence-corrected chi connectivity index (χ1v) is 9.74. The minimum Gasteiger partial charge on any atom is -0.383 e. The molecule has 8 nitrogen and oxygen atoms in total. The zero-order valence-corrected chi connectivity index (χ0v) is 17.1. The molecule has 1 heterocycles. The zero-order chi connectivity index (χ0) is 21.6.